The second kappa shape index (κ2) is 4.76. The summed E-state index contributed by atoms with van der Waals surface area (Å²) in [6.45, 7) is 1.81. The molecule has 0 amide bonds. The van der Waals surface area contributed by atoms with Crippen LogP contribution < -0.4 is 4.90 Å². The molecule has 0 aliphatic heterocycles. The first-order valence-corrected chi connectivity index (χ1v) is 4.33. The molecule has 1 aromatic heterocycles. The Morgan fingerprint density at radius 1 is 1.50 bits per heavy atom. The Hall–Kier alpha value is -1.36. The maximum Gasteiger partial charge on any atom is 0.156 e. The molecule has 0 aliphatic carbocycles. The summed E-state index contributed by atoms with van der Waals surface area (Å²) in [7, 11) is 3.31. The number of rotatable bonds is 2. The monoisotopic (exact) mass is 214 g/mol. The van der Waals surface area contributed by atoms with Crippen molar-refractivity contribution >= 4 is 23.3 Å². The number of amidine groups is 1. The maximum absolute atomic E-state index is 5.61. The van der Waals surface area contributed by atoms with Crippen molar-refractivity contribution in [1.82, 2.24) is 10.2 Å². The zero-order chi connectivity index (χ0) is 10.6. The second-order valence-corrected chi connectivity index (χ2v) is 2.98. The minimum Gasteiger partial charge on any atom is -0.398 e. The lowest BCUT2D eigenvalue weighted by molar-refractivity contribution is 0.212. The average molecular weight is 215 g/mol. The van der Waals surface area contributed by atoms with Crippen molar-refractivity contribution in [3.05, 3.63) is 17.3 Å². The Balaban J connectivity index is 2.84. The van der Waals surface area contributed by atoms with E-state index in [4.69, 9.17) is 11.6 Å². The first kappa shape index (κ1) is 10.7. The topological polar surface area (TPSA) is 50.6 Å². The van der Waals surface area contributed by atoms with Gasteiger partial charge in [0.2, 0.25) is 0 Å². The van der Waals surface area contributed by atoms with Crippen molar-refractivity contribution in [3.63, 3.8) is 0 Å². The molecule has 0 saturated carbocycles. The Labute approximate surface area is 87.3 Å². The molecule has 1 rings (SSSR count). The van der Waals surface area contributed by atoms with Crippen LogP contribution in [0.1, 0.15) is 6.92 Å². The van der Waals surface area contributed by atoms with E-state index in [1.54, 1.807) is 24.0 Å². The summed E-state index contributed by atoms with van der Waals surface area (Å²) in [5.74, 6) is 1.34. The first-order valence-electron chi connectivity index (χ1n) is 3.96. The smallest absolute Gasteiger partial charge is 0.156 e. The third kappa shape index (κ3) is 2.56. The third-order valence-corrected chi connectivity index (χ3v) is 1.87. The van der Waals surface area contributed by atoms with Crippen LogP contribution in [-0.4, -0.2) is 30.2 Å². The predicted octanol–water partition coefficient (Wildman–Crippen LogP) is 1.55. The van der Waals surface area contributed by atoms with Crippen LogP contribution in [0.2, 0.25) is 5.15 Å². The molecule has 0 bridgehead atoms. The van der Waals surface area contributed by atoms with E-state index in [9.17, 15) is 0 Å². The van der Waals surface area contributed by atoms with Crippen molar-refractivity contribution in [2.24, 2.45) is 5.16 Å². The molecular formula is C8H11ClN4O. The van der Waals surface area contributed by atoms with Crippen LogP contribution >= 0.6 is 11.6 Å². The standard InChI is InChI=1S/C8H11ClN4O/c1-6(12-14-3)13(2)8-5-4-7(9)10-11-8/h4-5H,1-3H3/b12-6+. The molecular weight excluding hydrogens is 204 g/mol. The van der Waals surface area contributed by atoms with Gasteiger partial charge < -0.3 is 9.74 Å². The molecule has 1 aromatic rings. The maximum atomic E-state index is 5.61. The first-order chi connectivity index (χ1) is 6.65. The lowest BCUT2D eigenvalue weighted by Gasteiger charge is -2.15. The molecule has 0 unspecified atom stereocenters. The molecule has 0 atom stereocenters. The number of hydrogen-bond donors (Lipinski definition) is 0. The second-order valence-electron chi connectivity index (χ2n) is 2.59. The fourth-order valence-electron chi connectivity index (χ4n) is 0.847. The largest absolute Gasteiger partial charge is 0.398 e. The molecule has 0 aliphatic rings. The fourth-order valence-corrected chi connectivity index (χ4v) is 0.948. The quantitative estimate of drug-likeness (QED) is 0.426. The van der Waals surface area contributed by atoms with E-state index in [1.165, 1.54) is 7.11 Å². The molecule has 6 heteroatoms. The fraction of sp³-hybridized carbons (Fsp3) is 0.375. The minimum atomic E-state index is 0.364. The highest BCUT2D eigenvalue weighted by atomic mass is 35.5. The van der Waals surface area contributed by atoms with Crippen LogP contribution in [0.15, 0.2) is 17.3 Å². The Morgan fingerprint density at radius 3 is 2.71 bits per heavy atom. The third-order valence-electron chi connectivity index (χ3n) is 1.67. The van der Waals surface area contributed by atoms with E-state index in [0.29, 0.717) is 16.8 Å². The minimum absolute atomic E-state index is 0.364. The van der Waals surface area contributed by atoms with Crippen LogP contribution in [0.4, 0.5) is 5.82 Å². The van der Waals surface area contributed by atoms with Crippen LogP contribution in [0, 0.1) is 0 Å². The van der Waals surface area contributed by atoms with Crippen LogP contribution in [0.25, 0.3) is 0 Å². The Bertz CT molecular complexity index is 325. The summed E-state index contributed by atoms with van der Waals surface area (Å²) in [6, 6.07) is 3.42. The van der Waals surface area contributed by atoms with E-state index < -0.39 is 0 Å². The van der Waals surface area contributed by atoms with E-state index >= 15 is 0 Å². The van der Waals surface area contributed by atoms with Crippen LogP contribution in [0.5, 0.6) is 0 Å². The molecule has 1 heterocycles. The van der Waals surface area contributed by atoms with Crippen molar-refractivity contribution < 1.29 is 4.84 Å². The Kier molecular flexibility index (Phi) is 3.64. The van der Waals surface area contributed by atoms with Gasteiger partial charge in [0.15, 0.2) is 11.0 Å². The summed E-state index contributed by atoms with van der Waals surface area (Å²) >= 11 is 5.61. The van der Waals surface area contributed by atoms with Gasteiger partial charge in [0.25, 0.3) is 0 Å². The van der Waals surface area contributed by atoms with E-state index in [0.717, 1.165) is 0 Å². The Morgan fingerprint density at radius 2 is 2.21 bits per heavy atom. The van der Waals surface area contributed by atoms with Gasteiger partial charge in [0.05, 0.1) is 0 Å². The summed E-state index contributed by atoms with van der Waals surface area (Å²) in [4.78, 5) is 6.38. The number of oxime groups is 1. The molecule has 0 fully saturated rings. The summed E-state index contributed by atoms with van der Waals surface area (Å²) in [6.07, 6.45) is 0. The molecule has 76 valence electrons. The normalized spacial score (nSPS) is 11.3. The van der Waals surface area contributed by atoms with Crippen molar-refractivity contribution in [3.8, 4) is 0 Å². The molecule has 0 radical (unpaired) electrons. The van der Waals surface area contributed by atoms with Gasteiger partial charge in [-0.2, -0.15) is 0 Å². The molecule has 0 spiro atoms. The van der Waals surface area contributed by atoms with Gasteiger partial charge >= 0.3 is 0 Å². The molecule has 0 aromatic carbocycles. The zero-order valence-corrected chi connectivity index (χ0v) is 8.99. The van der Waals surface area contributed by atoms with Gasteiger partial charge in [-0.15, -0.1) is 10.2 Å². The predicted molar refractivity (Wildman–Crippen MR) is 55.6 cm³/mol. The van der Waals surface area contributed by atoms with E-state index in [1.807, 2.05) is 7.05 Å². The van der Waals surface area contributed by atoms with Crippen LogP contribution in [-0.2, 0) is 4.84 Å². The van der Waals surface area contributed by atoms with Gasteiger partial charge in [-0.1, -0.05) is 16.8 Å². The zero-order valence-electron chi connectivity index (χ0n) is 8.23. The van der Waals surface area contributed by atoms with Gasteiger partial charge in [-0.3, -0.25) is 0 Å². The van der Waals surface area contributed by atoms with Gasteiger partial charge in [0, 0.05) is 7.05 Å². The van der Waals surface area contributed by atoms with Crippen molar-refractivity contribution in [2.75, 3.05) is 19.1 Å². The van der Waals surface area contributed by atoms with Gasteiger partial charge in [0.1, 0.15) is 12.9 Å². The summed E-state index contributed by atoms with van der Waals surface area (Å²) in [5, 5.41) is 11.7. The lowest BCUT2D eigenvalue weighted by atomic mass is 10.4. The molecule has 0 saturated heterocycles. The van der Waals surface area contributed by atoms with Gasteiger partial charge in [-0.05, 0) is 19.1 Å². The number of hydrogen-bond acceptors (Lipinski definition) is 4. The van der Waals surface area contributed by atoms with Gasteiger partial charge in [-0.25, -0.2) is 0 Å². The van der Waals surface area contributed by atoms with Crippen LogP contribution in [0.3, 0.4) is 0 Å². The summed E-state index contributed by atoms with van der Waals surface area (Å²) < 4.78 is 0. The number of anilines is 1. The van der Waals surface area contributed by atoms with Crippen molar-refractivity contribution in [2.45, 2.75) is 6.92 Å². The molecule has 14 heavy (non-hydrogen) atoms. The highest BCUT2D eigenvalue weighted by Gasteiger charge is 2.06. The highest BCUT2D eigenvalue weighted by molar-refractivity contribution is 6.29. The lowest BCUT2D eigenvalue weighted by Crippen LogP contribution is -2.24. The van der Waals surface area contributed by atoms with E-state index in [-0.39, 0.29) is 0 Å². The number of aromatic nitrogens is 2. The molecule has 5 nitrogen and oxygen atoms in total. The van der Waals surface area contributed by atoms with E-state index in [2.05, 4.69) is 20.2 Å². The number of halogens is 1. The number of nitrogens with zero attached hydrogens (tertiary/aromatic N) is 4. The average Bonchev–Trinajstić information content (AvgIpc) is 2.18. The van der Waals surface area contributed by atoms with Crippen molar-refractivity contribution in [1.29, 1.82) is 0 Å². The SMILES string of the molecule is CO/N=C(\C)N(C)c1ccc(Cl)nn1. The summed E-state index contributed by atoms with van der Waals surface area (Å²) in [5.41, 5.74) is 0. The highest BCUT2D eigenvalue weighted by Crippen LogP contribution is 2.10. The molecule has 0 N–H and O–H groups in total.